The molecular weight excluding hydrogens is 416 g/mol. The molecule has 0 aliphatic carbocycles. The van der Waals surface area contributed by atoms with Gasteiger partial charge in [-0.25, -0.2) is 0 Å². The Morgan fingerprint density at radius 1 is 0.938 bits per heavy atom. The van der Waals surface area contributed by atoms with Crippen LogP contribution in [0.25, 0.3) is 16.9 Å². The molecule has 0 spiro atoms. The summed E-state index contributed by atoms with van der Waals surface area (Å²) >= 11 is 1.16. The molecule has 0 atom stereocenters. The first kappa shape index (κ1) is 21.8. The lowest BCUT2D eigenvalue weighted by molar-refractivity contribution is 0.0953. The summed E-state index contributed by atoms with van der Waals surface area (Å²) in [5.41, 5.74) is 5.52. The maximum absolute atomic E-state index is 12.7. The fraction of sp³-hybridized carbons (Fsp3) is 0.185. The zero-order valence-electron chi connectivity index (χ0n) is 18.1. The van der Waals surface area contributed by atoms with Crippen molar-refractivity contribution in [3.05, 3.63) is 111 Å². The van der Waals surface area contributed by atoms with Gasteiger partial charge in [0, 0.05) is 23.1 Å². The molecule has 0 saturated carbocycles. The average Bonchev–Trinajstić information content (AvgIpc) is 3.21. The number of aromatic nitrogens is 1. The van der Waals surface area contributed by atoms with E-state index >= 15 is 0 Å². The quantitative estimate of drug-likeness (QED) is 0.360. The molecule has 3 aromatic carbocycles. The Hall–Kier alpha value is -3.44. The summed E-state index contributed by atoms with van der Waals surface area (Å²) in [6, 6.07) is 25.7. The maximum atomic E-state index is 12.7. The van der Waals surface area contributed by atoms with Gasteiger partial charge in [-0.05, 0) is 56.0 Å². The normalized spacial score (nSPS) is 10.8. The summed E-state index contributed by atoms with van der Waals surface area (Å²) in [6.07, 6.45) is 2.97. The minimum atomic E-state index is -0.0916. The summed E-state index contributed by atoms with van der Waals surface area (Å²) in [4.78, 5) is 25.2. The van der Waals surface area contributed by atoms with Crippen LogP contribution in [0.3, 0.4) is 0 Å². The number of unbranched alkanes of at least 4 members (excludes halogenated alkanes) is 1. The molecule has 1 heterocycles. The molecule has 162 valence electrons. The number of aryl methyl sites for hydroxylation is 2. The number of hydrogen-bond donors (Lipinski definition) is 1. The summed E-state index contributed by atoms with van der Waals surface area (Å²) in [5.74, 6) is -0.0916. The third kappa shape index (κ3) is 5.24. The Morgan fingerprint density at radius 2 is 1.72 bits per heavy atom. The van der Waals surface area contributed by atoms with Crippen LogP contribution < -0.4 is 10.2 Å². The lowest BCUT2D eigenvalue weighted by Gasteiger charge is -2.10. The first-order chi connectivity index (χ1) is 15.6. The van der Waals surface area contributed by atoms with Crippen LogP contribution in [0.2, 0.25) is 0 Å². The van der Waals surface area contributed by atoms with E-state index in [2.05, 4.69) is 29.6 Å². The first-order valence-corrected chi connectivity index (χ1v) is 11.7. The van der Waals surface area contributed by atoms with Crippen molar-refractivity contribution in [1.82, 2.24) is 9.88 Å². The third-order valence-electron chi connectivity index (χ3n) is 5.43. The van der Waals surface area contributed by atoms with Gasteiger partial charge in [-0.3, -0.25) is 14.2 Å². The van der Waals surface area contributed by atoms with E-state index in [0.29, 0.717) is 12.1 Å². The largest absolute Gasteiger partial charge is 0.352 e. The van der Waals surface area contributed by atoms with Gasteiger partial charge in [0.25, 0.3) is 5.91 Å². The molecule has 0 radical (unpaired) electrons. The number of rotatable bonds is 8. The van der Waals surface area contributed by atoms with Crippen molar-refractivity contribution in [3.63, 3.8) is 0 Å². The van der Waals surface area contributed by atoms with Gasteiger partial charge >= 0.3 is 4.87 Å². The van der Waals surface area contributed by atoms with Gasteiger partial charge in [0.2, 0.25) is 0 Å². The minimum Gasteiger partial charge on any atom is -0.352 e. The lowest BCUT2D eigenvalue weighted by Crippen LogP contribution is -2.24. The van der Waals surface area contributed by atoms with Gasteiger partial charge < -0.3 is 5.32 Å². The van der Waals surface area contributed by atoms with Crippen molar-refractivity contribution in [1.29, 1.82) is 0 Å². The molecule has 0 bridgehead atoms. The van der Waals surface area contributed by atoms with Gasteiger partial charge in [0.1, 0.15) is 0 Å². The SMILES string of the molecule is Cc1ccc(-n2c(-c3cccc(C(=O)NCCCCc4ccccc4)c3)csc2=O)cc1. The van der Waals surface area contributed by atoms with Crippen LogP contribution in [0.1, 0.15) is 34.3 Å². The highest BCUT2D eigenvalue weighted by Gasteiger charge is 2.13. The molecule has 0 aliphatic heterocycles. The number of hydrogen-bond acceptors (Lipinski definition) is 3. The van der Waals surface area contributed by atoms with Crippen LogP contribution in [-0.2, 0) is 6.42 Å². The Labute approximate surface area is 192 Å². The van der Waals surface area contributed by atoms with E-state index in [9.17, 15) is 9.59 Å². The smallest absolute Gasteiger partial charge is 0.312 e. The zero-order chi connectivity index (χ0) is 22.3. The summed E-state index contributed by atoms with van der Waals surface area (Å²) in [5, 5.41) is 4.87. The number of carbonyl (C=O) groups excluding carboxylic acids is 1. The Morgan fingerprint density at radius 3 is 2.50 bits per heavy atom. The maximum Gasteiger partial charge on any atom is 0.312 e. The highest BCUT2D eigenvalue weighted by Crippen LogP contribution is 2.24. The summed E-state index contributed by atoms with van der Waals surface area (Å²) < 4.78 is 1.70. The Balaban J connectivity index is 1.42. The van der Waals surface area contributed by atoms with Gasteiger partial charge in [-0.2, -0.15) is 0 Å². The Bertz CT molecular complexity index is 1240. The predicted octanol–water partition coefficient (Wildman–Crippen LogP) is 5.63. The molecule has 5 heteroatoms. The number of carbonyl (C=O) groups is 1. The third-order valence-corrected chi connectivity index (χ3v) is 6.15. The fourth-order valence-corrected chi connectivity index (χ4v) is 4.43. The van der Waals surface area contributed by atoms with Crippen LogP contribution in [0.15, 0.2) is 89.0 Å². The van der Waals surface area contributed by atoms with Crippen molar-refractivity contribution in [3.8, 4) is 16.9 Å². The molecule has 1 amide bonds. The van der Waals surface area contributed by atoms with E-state index in [1.807, 2.05) is 66.9 Å². The molecular formula is C27H26N2O2S. The first-order valence-electron chi connectivity index (χ1n) is 10.8. The molecule has 0 fully saturated rings. The van der Waals surface area contributed by atoms with Crippen molar-refractivity contribution in [2.75, 3.05) is 6.54 Å². The van der Waals surface area contributed by atoms with Gasteiger partial charge in [-0.1, -0.05) is 71.5 Å². The van der Waals surface area contributed by atoms with Gasteiger partial charge in [0.15, 0.2) is 0 Å². The van der Waals surface area contributed by atoms with Crippen LogP contribution >= 0.6 is 11.3 Å². The number of nitrogens with one attached hydrogen (secondary N) is 1. The second kappa shape index (κ2) is 10.2. The lowest BCUT2D eigenvalue weighted by atomic mass is 10.1. The van der Waals surface area contributed by atoms with E-state index in [4.69, 9.17) is 0 Å². The second-order valence-corrected chi connectivity index (χ2v) is 8.66. The molecule has 0 saturated heterocycles. The summed E-state index contributed by atoms with van der Waals surface area (Å²) in [6.45, 7) is 2.66. The molecule has 0 aliphatic rings. The molecule has 1 aromatic heterocycles. The predicted molar refractivity (Wildman–Crippen MR) is 132 cm³/mol. The van der Waals surface area contributed by atoms with Crippen LogP contribution in [0.5, 0.6) is 0 Å². The molecule has 4 aromatic rings. The standard InChI is InChI=1S/C27H26N2O2S/c1-20-13-15-24(16-14-20)29-25(19-32-27(29)31)22-11-7-12-23(18-22)26(30)28-17-6-5-10-21-8-3-2-4-9-21/h2-4,7-9,11-16,18-19H,5-6,10,17H2,1H3,(H,28,30). The van der Waals surface area contributed by atoms with E-state index in [0.717, 1.165) is 53.1 Å². The fourth-order valence-electron chi connectivity index (χ4n) is 3.67. The monoisotopic (exact) mass is 442 g/mol. The van der Waals surface area contributed by atoms with Crippen molar-refractivity contribution in [2.24, 2.45) is 0 Å². The molecule has 4 rings (SSSR count). The number of amides is 1. The molecule has 4 nitrogen and oxygen atoms in total. The van der Waals surface area contributed by atoms with Crippen LogP contribution in [0, 0.1) is 6.92 Å². The molecule has 1 N–H and O–H groups in total. The highest BCUT2D eigenvalue weighted by atomic mass is 32.1. The summed E-state index contributed by atoms with van der Waals surface area (Å²) in [7, 11) is 0. The topological polar surface area (TPSA) is 51.1 Å². The minimum absolute atomic E-state index is 0.0443. The van der Waals surface area contributed by atoms with Gasteiger partial charge in [0.05, 0.1) is 11.4 Å². The highest BCUT2D eigenvalue weighted by molar-refractivity contribution is 7.07. The molecule has 0 unspecified atom stereocenters. The number of thiazole rings is 1. The second-order valence-electron chi connectivity index (χ2n) is 7.84. The van der Waals surface area contributed by atoms with Crippen molar-refractivity contribution < 1.29 is 4.79 Å². The van der Waals surface area contributed by atoms with E-state index in [1.165, 1.54) is 5.56 Å². The molecule has 32 heavy (non-hydrogen) atoms. The zero-order valence-corrected chi connectivity index (χ0v) is 18.9. The number of nitrogens with zero attached hydrogens (tertiary/aromatic N) is 1. The average molecular weight is 443 g/mol. The van der Waals surface area contributed by atoms with Crippen LogP contribution in [0.4, 0.5) is 0 Å². The number of benzene rings is 3. The van der Waals surface area contributed by atoms with E-state index in [-0.39, 0.29) is 10.8 Å². The van der Waals surface area contributed by atoms with Crippen molar-refractivity contribution >= 4 is 17.2 Å². The van der Waals surface area contributed by atoms with Crippen LogP contribution in [-0.4, -0.2) is 17.0 Å². The van der Waals surface area contributed by atoms with E-state index < -0.39 is 0 Å². The Kier molecular flexibility index (Phi) is 6.97. The van der Waals surface area contributed by atoms with Crippen molar-refractivity contribution in [2.45, 2.75) is 26.2 Å². The van der Waals surface area contributed by atoms with E-state index in [1.54, 1.807) is 4.57 Å². The van der Waals surface area contributed by atoms with Gasteiger partial charge in [-0.15, -0.1) is 0 Å².